The van der Waals surface area contributed by atoms with Gasteiger partial charge in [0.05, 0.1) is 0 Å². The Kier molecular flexibility index (Phi) is 5.65. The van der Waals surface area contributed by atoms with Gasteiger partial charge in [-0.2, -0.15) is 26.3 Å². The molecule has 128 valence electrons. The smallest absolute Gasteiger partial charge is 0.430 e. The molecule has 0 aromatic carbocycles. The lowest BCUT2D eigenvalue weighted by molar-refractivity contribution is -0.407. The zero-order valence-electron chi connectivity index (χ0n) is 11.3. The maximum absolute atomic E-state index is 12.7. The zero-order chi connectivity index (χ0) is 18.0. The summed E-state index contributed by atoms with van der Waals surface area (Å²) in [5.74, 6) is -2.86. The highest BCUT2D eigenvalue weighted by atomic mass is 19.4. The highest BCUT2D eigenvalue weighted by Gasteiger charge is 2.78. The Morgan fingerprint density at radius 2 is 1.50 bits per heavy atom. The van der Waals surface area contributed by atoms with Crippen molar-refractivity contribution in [3.8, 4) is 0 Å². The first-order chi connectivity index (χ1) is 9.60. The monoisotopic (exact) mass is 338 g/mol. The summed E-state index contributed by atoms with van der Waals surface area (Å²) in [6.07, 6.45) is -11.7. The van der Waals surface area contributed by atoms with Crippen LogP contribution in [-0.4, -0.2) is 47.2 Å². The van der Waals surface area contributed by atoms with E-state index in [1.807, 2.05) is 0 Å². The average Bonchev–Trinajstić information content (AvgIpc) is 2.31. The molecule has 0 aromatic heterocycles. The van der Waals surface area contributed by atoms with Gasteiger partial charge < -0.3 is 14.6 Å². The standard InChI is InChI=1S/C11H12F6O5/c1-4-6(18)21-5-7(19)22-8(2,3)9(20,10(12,13)14)11(15,16)17/h4,20H,1,5H2,2-3H3. The number of rotatable bonds is 5. The molecular weight excluding hydrogens is 326 g/mol. The Bertz CT molecular complexity index is 437. The Morgan fingerprint density at radius 3 is 1.82 bits per heavy atom. The Balaban J connectivity index is 5.36. The quantitative estimate of drug-likeness (QED) is 0.471. The Hall–Kier alpha value is -1.78. The fourth-order valence-corrected chi connectivity index (χ4v) is 1.42. The van der Waals surface area contributed by atoms with Crippen LogP contribution >= 0.6 is 0 Å². The number of halogens is 6. The third kappa shape index (κ3) is 3.90. The molecule has 0 saturated heterocycles. The fourth-order valence-electron chi connectivity index (χ4n) is 1.42. The molecule has 0 aliphatic carbocycles. The van der Waals surface area contributed by atoms with E-state index >= 15 is 0 Å². The fraction of sp³-hybridized carbons (Fsp3) is 0.636. The van der Waals surface area contributed by atoms with Crippen molar-refractivity contribution in [3.63, 3.8) is 0 Å². The highest BCUT2D eigenvalue weighted by Crippen LogP contribution is 2.50. The lowest BCUT2D eigenvalue weighted by atomic mass is 9.84. The van der Waals surface area contributed by atoms with Crippen LogP contribution in [-0.2, 0) is 19.1 Å². The molecule has 0 atom stereocenters. The molecule has 0 rings (SSSR count). The summed E-state index contributed by atoms with van der Waals surface area (Å²) in [6.45, 7) is 2.15. The number of alkyl halides is 6. The van der Waals surface area contributed by atoms with Gasteiger partial charge in [0.15, 0.2) is 12.2 Å². The number of hydrogen-bond donors (Lipinski definition) is 1. The van der Waals surface area contributed by atoms with E-state index in [0.29, 0.717) is 6.08 Å². The number of carbonyl (C=O) groups is 2. The summed E-state index contributed by atoms with van der Waals surface area (Å²) in [4.78, 5) is 21.8. The van der Waals surface area contributed by atoms with Gasteiger partial charge in [-0.05, 0) is 13.8 Å². The van der Waals surface area contributed by atoms with Crippen LogP contribution in [0.1, 0.15) is 13.8 Å². The molecule has 0 heterocycles. The molecule has 0 radical (unpaired) electrons. The van der Waals surface area contributed by atoms with Crippen LogP contribution in [0.25, 0.3) is 0 Å². The van der Waals surface area contributed by atoms with Crippen LogP contribution in [0.15, 0.2) is 12.7 Å². The molecule has 0 spiro atoms. The SMILES string of the molecule is C=CC(=O)OCC(=O)OC(C)(C)C(O)(C(F)(F)F)C(F)(F)F. The number of aliphatic hydroxyl groups is 1. The Labute approximate surface area is 120 Å². The van der Waals surface area contributed by atoms with Crippen molar-refractivity contribution in [2.75, 3.05) is 6.61 Å². The second kappa shape index (κ2) is 6.15. The van der Waals surface area contributed by atoms with E-state index in [0.717, 1.165) is 0 Å². The highest BCUT2D eigenvalue weighted by molar-refractivity contribution is 5.83. The van der Waals surface area contributed by atoms with Crippen molar-refractivity contribution < 1.29 is 50.5 Å². The number of hydrogen-bond acceptors (Lipinski definition) is 5. The van der Waals surface area contributed by atoms with Crippen LogP contribution in [0.3, 0.4) is 0 Å². The van der Waals surface area contributed by atoms with Gasteiger partial charge >= 0.3 is 24.3 Å². The first-order valence-electron chi connectivity index (χ1n) is 5.47. The van der Waals surface area contributed by atoms with Crippen molar-refractivity contribution in [1.29, 1.82) is 0 Å². The molecule has 0 aliphatic heterocycles. The normalized spacial score (nSPS) is 13.5. The zero-order valence-corrected chi connectivity index (χ0v) is 11.3. The van der Waals surface area contributed by atoms with Crippen molar-refractivity contribution in [2.24, 2.45) is 0 Å². The molecule has 5 nitrogen and oxygen atoms in total. The molecule has 0 unspecified atom stereocenters. The van der Waals surface area contributed by atoms with Gasteiger partial charge in [-0.15, -0.1) is 0 Å². The molecule has 0 amide bonds. The van der Waals surface area contributed by atoms with Crippen molar-refractivity contribution >= 4 is 11.9 Å². The van der Waals surface area contributed by atoms with E-state index in [4.69, 9.17) is 5.11 Å². The van der Waals surface area contributed by atoms with Gasteiger partial charge in [-0.25, -0.2) is 9.59 Å². The van der Waals surface area contributed by atoms with Crippen LogP contribution in [0, 0.1) is 0 Å². The summed E-state index contributed by atoms with van der Waals surface area (Å²) >= 11 is 0. The van der Waals surface area contributed by atoms with Crippen LogP contribution in [0.2, 0.25) is 0 Å². The van der Waals surface area contributed by atoms with Gasteiger partial charge in [0.2, 0.25) is 0 Å². The van der Waals surface area contributed by atoms with Crippen LogP contribution < -0.4 is 0 Å². The van der Waals surface area contributed by atoms with Gasteiger partial charge in [-0.1, -0.05) is 6.58 Å². The van der Waals surface area contributed by atoms with Gasteiger partial charge in [0, 0.05) is 6.08 Å². The molecule has 0 aliphatic rings. The third-order valence-electron chi connectivity index (χ3n) is 2.56. The molecule has 0 aromatic rings. The van der Waals surface area contributed by atoms with Gasteiger partial charge in [0.25, 0.3) is 5.60 Å². The summed E-state index contributed by atoms with van der Waals surface area (Å²) in [6, 6.07) is 0. The predicted octanol–water partition coefficient (Wildman–Crippen LogP) is 1.89. The summed E-state index contributed by atoms with van der Waals surface area (Å²) < 4.78 is 84.0. The first-order valence-corrected chi connectivity index (χ1v) is 5.47. The summed E-state index contributed by atoms with van der Waals surface area (Å²) in [7, 11) is 0. The minimum Gasteiger partial charge on any atom is -0.453 e. The van der Waals surface area contributed by atoms with E-state index in [2.05, 4.69) is 16.1 Å². The molecular formula is C11H12F6O5. The molecule has 1 N–H and O–H groups in total. The molecule has 11 heteroatoms. The summed E-state index contributed by atoms with van der Waals surface area (Å²) in [5.41, 5.74) is -8.74. The predicted molar refractivity (Wildman–Crippen MR) is 58.4 cm³/mol. The number of esters is 2. The molecule has 0 fully saturated rings. The minimum absolute atomic E-state index is 0.223. The molecule has 22 heavy (non-hydrogen) atoms. The molecule has 0 bridgehead atoms. The van der Waals surface area contributed by atoms with E-state index in [1.54, 1.807) is 0 Å². The average molecular weight is 338 g/mol. The van der Waals surface area contributed by atoms with E-state index in [9.17, 15) is 35.9 Å². The van der Waals surface area contributed by atoms with Crippen molar-refractivity contribution in [3.05, 3.63) is 12.7 Å². The van der Waals surface area contributed by atoms with Crippen molar-refractivity contribution in [2.45, 2.75) is 37.4 Å². The van der Waals surface area contributed by atoms with Crippen molar-refractivity contribution in [1.82, 2.24) is 0 Å². The lowest BCUT2D eigenvalue weighted by Crippen LogP contribution is -2.70. The van der Waals surface area contributed by atoms with Gasteiger partial charge in [0.1, 0.15) is 0 Å². The topological polar surface area (TPSA) is 72.8 Å². The third-order valence-corrected chi connectivity index (χ3v) is 2.56. The second-order valence-electron chi connectivity index (χ2n) is 4.50. The molecule has 0 saturated carbocycles. The first kappa shape index (κ1) is 20.2. The van der Waals surface area contributed by atoms with Crippen LogP contribution in [0.5, 0.6) is 0 Å². The van der Waals surface area contributed by atoms with Crippen LogP contribution in [0.4, 0.5) is 26.3 Å². The maximum atomic E-state index is 12.7. The number of carbonyl (C=O) groups excluding carboxylic acids is 2. The Morgan fingerprint density at radius 1 is 1.09 bits per heavy atom. The van der Waals surface area contributed by atoms with Gasteiger partial charge in [-0.3, -0.25) is 0 Å². The summed E-state index contributed by atoms with van der Waals surface area (Å²) in [5, 5.41) is 9.13. The number of ether oxygens (including phenoxy) is 2. The lowest BCUT2D eigenvalue weighted by Gasteiger charge is -2.43. The van der Waals surface area contributed by atoms with E-state index in [-0.39, 0.29) is 13.8 Å². The maximum Gasteiger partial charge on any atom is 0.430 e. The van der Waals surface area contributed by atoms with E-state index < -0.39 is 42.1 Å². The van der Waals surface area contributed by atoms with E-state index in [1.165, 1.54) is 0 Å². The minimum atomic E-state index is -6.17. The second-order valence-corrected chi connectivity index (χ2v) is 4.50. The largest absolute Gasteiger partial charge is 0.453 e.